The Hall–Kier alpha value is -3.27. The van der Waals surface area contributed by atoms with Crippen molar-refractivity contribution in [2.45, 2.75) is 12.8 Å². The second-order valence-corrected chi connectivity index (χ2v) is 6.78. The number of hydrogen-bond donors (Lipinski definition) is 1. The van der Waals surface area contributed by atoms with Gasteiger partial charge in [-0.2, -0.15) is 0 Å². The molecule has 1 saturated heterocycles. The number of methoxy groups -OCH3 is 1. The first-order chi connectivity index (χ1) is 13.4. The summed E-state index contributed by atoms with van der Waals surface area (Å²) < 4.78 is 6.56. The highest BCUT2D eigenvalue weighted by atomic mass is 16.6. The number of piperidine rings is 1. The van der Waals surface area contributed by atoms with Crippen LogP contribution in [0.15, 0.2) is 36.9 Å². The van der Waals surface area contributed by atoms with E-state index in [2.05, 4.69) is 4.98 Å². The summed E-state index contributed by atoms with van der Waals surface area (Å²) in [6.45, 7) is 0.368. The molecule has 2 aromatic rings. The first kappa shape index (κ1) is 19.5. The summed E-state index contributed by atoms with van der Waals surface area (Å²) in [5.74, 6) is -1.46. The average Bonchev–Trinajstić information content (AvgIpc) is 3.22. The van der Waals surface area contributed by atoms with Crippen molar-refractivity contribution in [1.29, 1.82) is 0 Å². The molecule has 10 nitrogen and oxygen atoms in total. The number of hydrogen-bond acceptors (Lipinski definition) is 6. The number of nitro benzene ring substituents is 1. The highest BCUT2D eigenvalue weighted by Crippen LogP contribution is 2.32. The van der Waals surface area contributed by atoms with Gasteiger partial charge in [0.2, 0.25) is 0 Å². The van der Waals surface area contributed by atoms with Gasteiger partial charge >= 0.3 is 5.97 Å². The number of amides is 1. The normalized spacial score (nSPS) is 19.4. The maximum absolute atomic E-state index is 12.9. The van der Waals surface area contributed by atoms with Crippen LogP contribution in [0, 0.1) is 15.5 Å². The summed E-state index contributed by atoms with van der Waals surface area (Å²) in [6.07, 6.45) is 5.41. The van der Waals surface area contributed by atoms with Gasteiger partial charge in [-0.05, 0) is 25.0 Å². The van der Waals surface area contributed by atoms with Crippen LogP contribution in [0.1, 0.15) is 23.2 Å². The number of nitrogens with zero attached hydrogens (tertiary/aromatic N) is 4. The Labute approximate surface area is 160 Å². The highest BCUT2D eigenvalue weighted by Gasteiger charge is 2.44. The maximum Gasteiger partial charge on any atom is 0.313 e. The van der Waals surface area contributed by atoms with E-state index in [0.717, 1.165) is 0 Å². The molecule has 0 aliphatic carbocycles. The summed E-state index contributed by atoms with van der Waals surface area (Å²) in [7, 11) is 1.42. The van der Waals surface area contributed by atoms with Crippen LogP contribution >= 0.6 is 0 Å². The molecule has 148 valence electrons. The van der Waals surface area contributed by atoms with Gasteiger partial charge in [-0.15, -0.1) is 0 Å². The fourth-order valence-corrected chi connectivity index (χ4v) is 3.54. The van der Waals surface area contributed by atoms with E-state index in [4.69, 9.17) is 4.74 Å². The summed E-state index contributed by atoms with van der Waals surface area (Å²) >= 11 is 0. The topological polar surface area (TPSA) is 128 Å². The first-order valence-corrected chi connectivity index (χ1v) is 8.66. The largest absolute Gasteiger partial charge is 0.481 e. The Kier molecular flexibility index (Phi) is 5.41. The number of aromatic nitrogens is 2. The highest BCUT2D eigenvalue weighted by molar-refractivity contribution is 5.96. The molecule has 1 unspecified atom stereocenters. The molecule has 10 heteroatoms. The van der Waals surface area contributed by atoms with Crippen LogP contribution < -0.4 is 0 Å². The molecule has 1 atom stereocenters. The van der Waals surface area contributed by atoms with E-state index >= 15 is 0 Å². The molecule has 1 N–H and O–H groups in total. The number of rotatable bonds is 6. The van der Waals surface area contributed by atoms with E-state index in [9.17, 15) is 24.8 Å². The van der Waals surface area contributed by atoms with Crippen molar-refractivity contribution < 1.29 is 24.4 Å². The van der Waals surface area contributed by atoms with Gasteiger partial charge in [0, 0.05) is 44.2 Å². The van der Waals surface area contributed by atoms with Gasteiger partial charge in [-0.3, -0.25) is 19.7 Å². The SMILES string of the molecule is COCC1(C(=O)O)CCCN(C(=O)c2ccc(-n3ccnc3)c([N+](=O)[O-])c2)C1. The lowest BCUT2D eigenvalue weighted by Gasteiger charge is -2.39. The molecular weight excluding hydrogens is 368 g/mol. The molecular formula is C18H20N4O6. The molecule has 0 spiro atoms. The Morgan fingerprint density at radius 2 is 2.21 bits per heavy atom. The quantitative estimate of drug-likeness (QED) is 0.589. The van der Waals surface area contributed by atoms with Gasteiger partial charge in [0.25, 0.3) is 11.6 Å². The molecule has 0 radical (unpaired) electrons. The second kappa shape index (κ2) is 7.77. The first-order valence-electron chi connectivity index (χ1n) is 8.66. The molecule has 1 aromatic carbocycles. The third-order valence-electron chi connectivity index (χ3n) is 4.94. The lowest BCUT2D eigenvalue weighted by atomic mass is 9.80. The van der Waals surface area contributed by atoms with E-state index < -0.39 is 22.2 Å². The summed E-state index contributed by atoms with van der Waals surface area (Å²) in [4.78, 5) is 41.0. The Bertz CT molecular complexity index is 893. The number of carbonyl (C=O) groups excluding carboxylic acids is 1. The summed E-state index contributed by atoms with van der Waals surface area (Å²) in [5, 5.41) is 21.1. The average molecular weight is 388 g/mol. The Morgan fingerprint density at radius 1 is 1.43 bits per heavy atom. The number of aliphatic carboxylic acids is 1. The van der Waals surface area contributed by atoms with Crippen LogP contribution in [0.2, 0.25) is 0 Å². The number of imidazole rings is 1. The minimum atomic E-state index is -1.18. The fraction of sp³-hybridized carbons (Fsp3) is 0.389. The van der Waals surface area contributed by atoms with Crippen molar-refractivity contribution in [2.24, 2.45) is 5.41 Å². The van der Waals surface area contributed by atoms with Crippen LogP contribution in [0.4, 0.5) is 5.69 Å². The van der Waals surface area contributed by atoms with Crippen molar-refractivity contribution in [3.8, 4) is 5.69 Å². The summed E-state index contributed by atoms with van der Waals surface area (Å²) in [5.41, 5.74) is -0.987. The molecule has 1 amide bonds. The predicted octanol–water partition coefficient (Wildman–Crippen LogP) is 1.73. The van der Waals surface area contributed by atoms with E-state index in [1.165, 1.54) is 47.3 Å². The molecule has 1 fully saturated rings. The van der Waals surface area contributed by atoms with Gasteiger partial charge < -0.3 is 19.3 Å². The van der Waals surface area contributed by atoms with Crippen LogP contribution in [0.25, 0.3) is 5.69 Å². The number of carboxylic acid groups (broad SMARTS) is 1. The molecule has 1 aromatic heterocycles. The zero-order valence-electron chi connectivity index (χ0n) is 15.3. The van der Waals surface area contributed by atoms with Crippen molar-refractivity contribution in [3.05, 3.63) is 52.6 Å². The molecule has 0 saturated carbocycles. The lowest BCUT2D eigenvalue weighted by Crippen LogP contribution is -2.52. The van der Waals surface area contributed by atoms with E-state index in [1.54, 1.807) is 6.20 Å². The number of likely N-dealkylation sites (tertiary alicyclic amines) is 1. The minimum Gasteiger partial charge on any atom is -0.481 e. The number of carbonyl (C=O) groups is 2. The van der Waals surface area contributed by atoms with Crippen LogP contribution in [-0.2, 0) is 9.53 Å². The molecule has 3 rings (SSSR count). The van der Waals surface area contributed by atoms with Gasteiger partial charge in [0.05, 0.1) is 17.9 Å². The molecule has 28 heavy (non-hydrogen) atoms. The van der Waals surface area contributed by atoms with Crippen molar-refractivity contribution >= 4 is 17.6 Å². The molecule has 0 bridgehead atoms. The van der Waals surface area contributed by atoms with Crippen LogP contribution in [0.3, 0.4) is 0 Å². The van der Waals surface area contributed by atoms with Gasteiger partial charge in [0.1, 0.15) is 11.1 Å². The zero-order chi connectivity index (χ0) is 20.3. The van der Waals surface area contributed by atoms with Crippen LogP contribution in [-0.4, -0.2) is 63.2 Å². The predicted molar refractivity (Wildman–Crippen MR) is 97.3 cm³/mol. The van der Waals surface area contributed by atoms with Gasteiger partial charge in [-0.25, -0.2) is 4.98 Å². The van der Waals surface area contributed by atoms with E-state index in [-0.39, 0.29) is 30.1 Å². The van der Waals surface area contributed by atoms with Crippen molar-refractivity contribution in [2.75, 3.05) is 26.8 Å². The molecule has 1 aliphatic heterocycles. The Morgan fingerprint density at radius 3 is 2.82 bits per heavy atom. The third-order valence-corrected chi connectivity index (χ3v) is 4.94. The van der Waals surface area contributed by atoms with Crippen molar-refractivity contribution in [3.63, 3.8) is 0 Å². The van der Waals surface area contributed by atoms with Crippen LogP contribution in [0.5, 0.6) is 0 Å². The second-order valence-electron chi connectivity index (χ2n) is 6.78. The molecule has 1 aliphatic rings. The number of benzene rings is 1. The molecule has 2 heterocycles. The maximum atomic E-state index is 12.9. The number of carboxylic acids is 1. The van der Waals surface area contributed by atoms with Gasteiger partial charge in [0.15, 0.2) is 0 Å². The number of ether oxygens (including phenoxy) is 1. The van der Waals surface area contributed by atoms with E-state index in [1.807, 2.05) is 0 Å². The lowest BCUT2D eigenvalue weighted by molar-refractivity contribution is -0.384. The zero-order valence-corrected chi connectivity index (χ0v) is 15.3. The van der Waals surface area contributed by atoms with Crippen molar-refractivity contribution in [1.82, 2.24) is 14.5 Å². The smallest absolute Gasteiger partial charge is 0.313 e. The minimum absolute atomic E-state index is 0.00786. The Balaban J connectivity index is 1.91. The fourth-order valence-electron chi connectivity index (χ4n) is 3.54. The summed E-state index contributed by atoms with van der Waals surface area (Å²) in [6, 6.07) is 4.19. The van der Waals surface area contributed by atoms with E-state index in [0.29, 0.717) is 19.4 Å². The number of nitro groups is 1. The third kappa shape index (κ3) is 3.58. The monoisotopic (exact) mass is 388 g/mol. The standard InChI is InChI=1S/C18H20N4O6/c1-28-11-18(17(24)25)5-2-7-20(10-18)16(23)13-3-4-14(15(9-13)22(26)27)21-8-6-19-12-21/h3-4,6,8-9,12H,2,5,7,10-11H2,1H3,(H,24,25). The van der Waals surface area contributed by atoms with Gasteiger partial charge in [-0.1, -0.05) is 0 Å².